The molecule has 376 valence electrons. The first-order valence-corrected chi connectivity index (χ1v) is 20.0. The number of Topliss-reactive ketones (excluding diaryl/α,β-unsaturated/α-hetero) is 2. The van der Waals surface area contributed by atoms with Crippen molar-refractivity contribution in [2.75, 3.05) is 14.2 Å². The first-order chi connectivity index (χ1) is 29.8. The Bertz CT molecular complexity index is 1170. The molecule has 0 aliphatic heterocycles. The van der Waals surface area contributed by atoms with Crippen molar-refractivity contribution in [3.8, 4) is 5.75 Å². The molecule has 6 aromatic rings. The van der Waals surface area contributed by atoms with Gasteiger partial charge in [-0.25, -0.2) is 0 Å². The highest BCUT2D eigenvalue weighted by molar-refractivity contribution is 5.72. The molecule has 0 amide bonds. The number of aromatic hydroxyl groups is 1. The average Bonchev–Trinajstić information content (AvgIpc) is 3.30. The monoisotopic (exact) mass is 921 g/mol. The zero-order chi connectivity index (χ0) is 49.2. The summed E-state index contributed by atoms with van der Waals surface area (Å²) in [6, 6.07) is 68.7. The maximum absolute atomic E-state index is 9.44. The van der Waals surface area contributed by atoms with E-state index in [9.17, 15) is 9.59 Å². The number of aliphatic hydroxyl groups is 2. The molecule has 6 rings (SSSR count). The summed E-state index contributed by atoms with van der Waals surface area (Å²) in [7, 11) is 2.00. The van der Waals surface area contributed by atoms with Crippen molar-refractivity contribution in [2.45, 2.75) is 112 Å². The van der Waals surface area contributed by atoms with E-state index in [1.54, 1.807) is 24.3 Å². The summed E-state index contributed by atoms with van der Waals surface area (Å²) in [5.41, 5.74) is 0. The molecule has 0 spiro atoms. The van der Waals surface area contributed by atoms with Crippen molar-refractivity contribution in [3.63, 3.8) is 0 Å². The van der Waals surface area contributed by atoms with Crippen molar-refractivity contribution in [2.24, 2.45) is 0 Å². The van der Waals surface area contributed by atoms with E-state index in [2.05, 4.69) is 27.7 Å². The highest BCUT2D eigenvalue weighted by atomic mass is 16.4. The third kappa shape index (κ3) is 185. The molecule has 0 aliphatic carbocycles. The Morgan fingerprint density at radius 3 is 0.470 bits per heavy atom. The number of hydrogen-bond donors (Lipinski definition) is 4. The van der Waals surface area contributed by atoms with Gasteiger partial charge in [-0.3, -0.25) is 4.79 Å². The van der Waals surface area contributed by atoms with E-state index < -0.39 is 5.97 Å². The molecule has 0 aliphatic rings. The van der Waals surface area contributed by atoms with Gasteiger partial charge in [-0.2, -0.15) is 0 Å². The van der Waals surface area contributed by atoms with Crippen LogP contribution in [-0.2, 0) is 19.2 Å². The molecule has 66 heavy (non-hydrogen) atoms. The van der Waals surface area contributed by atoms with Crippen LogP contribution in [-0.4, -0.2) is 58.5 Å². The Labute approximate surface area is 406 Å². The second kappa shape index (κ2) is 102. The lowest BCUT2D eigenvalue weighted by Crippen LogP contribution is -1.78. The predicted molar refractivity (Wildman–Crippen MR) is 293 cm³/mol. The second-order valence-electron chi connectivity index (χ2n) is 11.1. The lowest BCUT2D eigenvalue weighted by atomic mass is 10.3. The highest BCUT2D eigenvalue weighted by Gasteiger charge is 1.75. The fraction of sp³-hybridized carbons (Fsp3) is 0.310. The maximum Gasteiger partial charge on any atom is 0.300 e. The minimum Gasteiger partial charge on any atom is -0.508 e. The molecule has 8 nitrogen and oxygen atoms in total. The van der Waals surface area contributed by atoms with Crippen LogP contribution in [0.15, 0.2) is 212 Å². The summed E-state index contributed by atoms with van der Waals surface area (Å²) in [4.78, 5) is 36.7. The van der Waals surface area contributed by atoms with Gasteiger partial charge in [0.15, 0.2) is 0 Å². The number of rotatable bonds is 0. The first kappa shape index (κ1) is 90.3. The van der Waals surface area contributed by atoms with Crippen LogP contribution in [0.3, 0.4) is 0 Å². The van der Waals surface area contributed by atoms with Gasteiger partial charge in [-0.05, 0) is 46.8 Å². The van der Waals surface area contributed by atoms with Crippen molar-refractivity contribution < 1.29 is 39.6 Å². The zero-order valence-corrected chi connectivity index (χ0v) is 39.6. The fourth-order valence-electron chi connectivity index (χ4n) is 2.35. The van der Waals surface area contributed by atoms with E-state index >= 15 is 0 Å². The molecule has 4 N–H and O–H groups in total. The second-order valence-corrected chi connectivity index (χ2v) is 11.1. The average molecular weight is 921 g/mol. The molecule has 0 fully saturated rings. The van der Waals surface area contributed by atoms with Gasteiger partial charge in [0.25, 0.3) is 5.97 Å². The largest absolute Gasteiger partial charge is 0.508 e. The van der Waals surface area contributed by atoms with E-state index in [4.69, 9.17) is 30.0 Å². The number of aldehydes is 1. The standard InChI is InChI=1S/C6H6O.5C6H6.2C3H6O.2C3H8.C2H4O2.C2H4O.2CH4O.4CH4/c7-6-4-2-1-3-5-6;5*1-2-4-6-5-3-1;2*1-3(2)4;2*1-3-2;1-2(3)4;1-2-3;2*1-2;;;;/h1-5,7H;5*1-6H;2*1-2H3;2*3H2,1-2H3;1H3,(H,3,4);2H,1H3;2*2H,1H3;4*1H4. The van der Waals surface area contributed by atoms with Crippen molar-refractivity contribution >= 4 is 23.8 Å². The number of carboxylic acids is 1. The van der Waals surface area contributed by atoms with Crippen LogP contribution < -0.4 is 0 Å². The Morgan fingerprint density at radius 2 is 0.424 bits per heavy atom. The van der Waals surface area contributed by atoms with Gasteiger partial charge < -0.3 is 34.8 Å². The summed E-state index contributed by atoms with van der Waals surface area (Å²) in [6.45, 7) is 17.1. The topological polar surface area (TPSA) is 149 Å². The van der Waals surface area contributed by atoms with Gasteiger partial charge >= 0.3 is 0 Å². The smallest absolute Gasteiger partial charge is 0.300 e. The summed E-state index contributed by atoms with van der Waals surface area (Å²) < 4.78 is 0. The van der Waals surface area contributed by atoms with Crippen molar-refractivity contribution in [1.82, 2.24) is 0 Å². The van der Waals surface area contributed by atoms with Crippen LogP contribution in [0, 0.1) is 0 Å². The number of aliphatic carboxylic acids is 1. The summed E-state index contributed by atoms with van der Waals surface area (Å²) >= 11 is 0. The van der Waals surface area contributed by atoms with Crippen molar-refractivity contribution in [3.05, 3.63) is 212 Å². The quantitative estimate of drug-likeness (QED) is 0.110. The maximum atomic E-state index is 9.44. The number of carbonyl (C=O) groups excluding carboxylic acids is 3. The lowest BCUT2D eigenvalue weighted by Gasteiger charge is -1.82. The SMILES string of the molecule is C.C.C.C.CC(=O)O.CC(C)=O.CC(C)=O.CC=O.CCC.CCC.CO.CO.Oc1ccccc1.c1ccccc1.c1ccccc1.c1ccccc1.c1ccccc1.c1ccccc1. The van der Waals surface area contributed by atoms with Crippen LogP contribution in [0.25, 0.3) is 0 Å². The summed E-state index contributed by atoms with van der Waals surface area (Å²) in [6.07, 6.45) is 3.25. The van der Waals surface area contributed by atoms with E-state index in [1.165, 1.54) is 47.5 Å². The minimum absolute atomic E-state index is 0. The number of benzene rings is 6. The molecule has 0 saturated carbocycles. The molecule has 0 atom stereocenters. The lowest BCUT2D eigenvalue weighted by molar-refractivity contribution is -0.134. The van der Waals surface area contributed by atoms with Crippen LogP contribution in [0.4, 0.5) is 0 Å². The van der Waals surface area contributed by atoms with Crippen molar-refractivity contribution in [1.29, 1.82) is 0 Å². The molecule has 0 unspecified atom stereocenters. The van der Waals surface area contributed by atoms with Gasteiger partial charge in [0, 0.05) is 21.1 Å². The van der Waals surface area contributed by atoms with E-state index in [0.717, 1.165) is 27.4 Å². The number of hydrogen-bond acceptors (Lipinski definition) is 7. The Morgan fingerprint density at radius 1 is 0.364 bits per heavy atom. The zero-order valence-electron chi connectivity index (χ0n) is 39.6. The van der Waals surface area contributed by atoms with Crippen LogP contribution in [0.5, 0.6) is 5.75 Å². The number of phenols is 1. The van der Waals surface area contributed by atoms with E-state index in [1.807, 2.05) is 188 Å². The molecule has 8 heteroatoms. The van der Waals surface area contributed by atoms with Gasteiger partial charge in [0.05, 0.1) is 0 Å². The van der Waals surface area contributed by atoms with Gasteiger partial charge in [-0.1, -0.05) is 270 Å². The molecule has 0 radical (unpaired) electrons. The van der Waals surface area contributed by atoms with Gasteiger partial charge in [0.2, 0.25) is 0 Å². The van der Waals surface area contributed by atoms with Gasteiger partial charge in [0.1, 0.15) is 23.6 Å². The predicted octanol–water partition coefficient (Wildman–Crippen LogP) is 15.9. The van der Waals surface area contributed by atoms with Crippen LogP contribution in [0.2, 0.25) is 0 Å². The molecule has 6 aromatic carbocycles. The number of ketones is 2. The Balaban J connectivity index is -0.0000000481. The van der Waals surface area contributed by atoms with Crippen LogP contribution in [0.1, 0.15) is 112 Å². The number of carbonyl (C=O) groups is 4. The third-order valence-electron chi connectivity index (χ3n) is 4.09. The Hall–Kier alpha value is -6.48. The number of aliphatic hydroxyl groups excluding tert-OH is 2. The summed E-state index contributed by atoms with van der Waals surface area (Å²) in [5, 5.41) is 30.0. The molecular weight excluding hydrogens is 825 g/mol. The van der Waals surface area contributed by atoms with Crippen LogP contribution >= 0.6 is 0 Å². The molecule has 0 aromatic heterocycles. The van der Waals surface area contributed by atoms with E-state index in [-0.39, 0.29) is 41.3 Å². The molecule has 0 heterocycles. The minimum atomic E-state index is -0.833. The number of para-hydroxylation sites is 1. The number of phenolic OH excluding ortho intramolecular Hbond substituents is 1. The summed E-state index contributed by atoms with van der Waals surface area (Å²) in [5.74, 6) is -0.178. The fourth-order valence-corrected chi connectivity index (χ4v) is 2.35. The highest BCUT2D eigenvalue weighted by Crippen LogP contribution is 2.02. The number of carboxylic acid groups (broad SMARTS) is 1. The first-order valence-electron chi connectivity index (χ1n) is 20.0. The molecular formula is C58H96O8. The van der Waals surface area contributed by atoms with E-state index in [0.29, 0.717) is 5.75 Å². The Kier molecular flexibility index (Phi) is 140. The normalized spacial score (nSPS) is 6.64. The van der Waals surface area contributed by atoms with Gasteiger partial charge in [-0.15, -0.1) is 0 Å². The third-order valence-corrected chi connectivity index (χ3v) is 4.09. The molecule has 0 bridgehead atoms. The molecule has 0 saturated heterocycles.